The van der Waals surface area contributed by atoms with E-state index in [4.69, 9.17) is 5.11 Å². The Labute approximate surface area is 101 Å². The molecule has 3 N–H and O–H groups in total. The van der Waals surface area contributed by atoms with Gasteiger partial charge in [0.2, 0.25) is 5.91 Å². The number of carbonyl (C=O) groups excluding carboxylic acids is 1. The monoisotopic (exact) mass is 240 g/mol. The maximum atomic E-state index is 11.8. The molecule has 2 aliphatic rings. The van der Waals surface area contributed by atoms with Crippen LogP contribution >= 0.6 is 0 Å². The summed E-state index contributed by atoms with van der Waals surface area (Å²) < 4.78 is 0. The Morgan fingerprint density at radius 1 is 1.24 bits per heavy atom. The maximum absolute atomic E-state index is 11.8. The first-order chi connectivity index (χ1) is 8.18. The van der Waals surface area contributed by atoms with Crippen LogP contribution in [0.5, 0.6) is 0 Å². The van der Waals surface area contributed by atoms with Gasteiger partial charge in [-0.05, 0) is 38.1 Å². The highest BCUT2D eigenvalue weighted by Gasteiger charge is 2.33. The normalized spacial score (nSPS) is 32.6. The highest BCUT2D eigenvalue weighted by Crippen LogP contribution is 2.31. The van der Waals surface area contributed by atoms with Crippen molar-refractivity contribution in [3.63, 3.8) is 0 Å². The van der Waals surface area contributed by atoms with Gasteiger partial charge in [0.15, 0.2) is 0 Å². The number of hydrogen-bond donors (Lipinski definition) is 3. The molecule has 1 saturated carbocycles. The minimum Gasteiger partial charge on any atom is -0.481 e. The lowest BCUT2D eigenvalue weighted by atomic mass is 9.96. The molecule has 5 nitrogen and oxygen atoms in total. The predicted molar refractivity (Wildman–Crippen MR) is 62.5 cm³/mol. The third kappa shape index (κ3) is 2.97. The Balaban J connectivity index is 1.77. The second-order valence-electron chi connectivity index (χ2n) is 5.03. The molecule has 0 aromatic rings. The molecule has 96 valence electrons. The van der Waals surface area contributed by atoms with Crippen molar-refractivity contribution in [1.29, 1.82) is 0 Å². The lowest BCUT2D eigenvalue weighted by Gasteiger charge is -2.18. The molecule has 3 atom stereocenters. The van der Waals surface area contributed by atoms with Crippen LogP contribution in [0.15, 0.2) is 0 Å². The first-order valence-electron chi connectivity index (χ1n) is 6.42. The molecule has 1 aliphatic carbocycles. The number of aliphatic carboxylic acids is 1. The van der Waals surface area contributed by atoms with Crippen molar-refractivity contribution >= 4 is 11.9 Å². The molecule has 1 heterocycles. The standard InChI is InChI=1S/C12H20N2O3/c15-11(10-5-2-6-13-10)14-7-8-3-1-4-9(8)12(16)17/h8-10,13H,1-7H2,(H,14,15)(H,16,17)/t8?,9?,10-/m1/s1. The number of carbonyl (C=O) groups is 2. The quantitative estimate of drug-likeness (QED) is 0.663. The number of nitrogens with one attached hydrogen (secondary N) is 2. The fourth-order valence-corrected chi connectivity index (χ4v) is 2.87. The van der Waals surface area contributed by atoms with E-state index in [0.717, 1.165) is 38.6 Å². The van der Waals surface area contributed by atoms with E-state index in [0.29, 0.717) is 6.54 Å². The summed E-state index contributed by atoms with van der Waals surface area (Å²) in [5.74, 6) is -0.857. The third-order valence-electron chi connectivity index (χ3n) is 3.89. The zero-order valence-electron chi connectivity index (χ0n) is 9.95. The number of amides is 1. The van der Waals surface area contributed by atoms with Gasteiger partial charge in [-0.3, -0.25) is 9.59 Å². The summed E-state index contributed by atoms with van der Waals surface area (Å²) in [6.07, 6.45) is 4.55. The molecular formula is C12H20N2O3. The van der Waals surface area contributed by atoms with Crippen LogP contribution in [0, 0.1) is 11.8 Å². The highest BCUT2D eigenvalue weighted by atomic mass is 16.4. The molecule has 5 heteroatoms. The number of hydrogen-bond acceptors (Lipinski definition) is 3. The summed E-state index contributed by atoms with van der Waals surface area (Å²) in [5, 5.41) is 15.1. The van der Waals surface area contributed by atoms with E-state index < -0.39 is 5.97 Å². The summed E-state index contributed by atoms with van der Waals surface area (Å²) in [5.41, 5.74) is 0. The van der Waals surface area contributed by atoms with Crippen molar-refractivity contribution in [2.45, 2.75) is 38.1 Å². The average molecular weight is 240 g/mol. The summed E-state index contributed by atoms with van der Waals surface area (Å²) in [6, 6.07) is -0.0697. The van der Waals surface area contributed by atoms with Crippen LogP contribution in [0.2, 0.25) is 0 Å². The van der Waals surface area contributed by atoms with E-state index in [1.165, 1.54) is 0 Å². The first kappa shape index (κ1) is 12.4. The molecule has 2 rings (SSSR count). The average Bonchev–Trinajstić information content (AvgIpc) is 2.96. The molecule has 1 amide bonds. The molecule has 0 spiro atoms. The fourth-order valence-electron chi connectivity index (χ4n) is 2.87. The number of carboxylic acids is 1. The van der Waals surface area contributed by atoms with E-state index in [1.807, 2.05) is 0 Å². The second kappa shape index (κ2) is 5.49. The van der Waals surface area contributed by atoms with Crippen molar-refractivity contribution in [2.24, 2.45) is 11.8 Å². The molecule has 0 aromatic heterocycles. The molecule has 2 unspecified atom stereocenters. The van der Waals surface area contributed by atoms with Gasteiger partial charge in [0.1, 0.15) is 0 Å². The Bertz CT molecular complexity index is 300. The van der Waals surface area contributed by atoms with E-state index in [-0.39, 0.29) is 23.8 Å². The van der Waals surface area contributed by atoms with Crippen LogP contribution < -0.4 is 10.6 Å². The van der Waals surface area contributed by atoms with Gasteiger partial charge in [-0.15, -0.1) is 0 Å². The van der Waals surface area contributed by atoms with E-state index >= 15 is 0 Å². The van der Waals surface area contributed by atoms with Gasteiger partial charge in [0, 0.05) is 6.54 Å². The van der Waals surface area contributed by atoms with Gasteiger partial charge in [0.25, 0.3) is 0 Å². The summed E-state index contributed by atoms with van der Waals surface area (Å²) >= 11 is 0. The van der Waals surface area contributed by atoms with Gasteiger partial charge < -0.3 is 15.7 Å². The van der Waals surface area contributed by atoms with E-state index in [2.05, 4.69) is 10.6 Å². The Morgan fingerprint density at radius 2 is 2.06 bits per heavy atom. The summed E-state index contributed by atoms with van der Waals surface area (Å²) in [4.78, 5) is 22.7. The van der Waals surface area contributed by atoms with Crippen molar-refractivity contribution < 1.29 is 14.7 Å². The first-order valence-corrected chi connectivity index (χ1v) is 6.42. The largest absolute Gasteiger partial charge is 0.481 e. The lowest BCUT2D eigenvalue weighted by Crippen LogP contribution is -2.43. The van der Waals surface area contributed by atoms with Gasteiger partial charge in [-0.2, -0.15) is 0 Å². The van der Waals surface area contributed by atoms with Crippen molar-refractivity contribution in [1.82, 2.24) is 10.6 Å². The third-order valence-corrected chi connectivity index (χ3v) is 3.89. The van der Waals surface area contributed by atoms with Gasteiger partial charge >= 0.3 is 5.97 Å². The van der Waals surface area contributed by atoms with E-state index in [1.54, 1.807) is 0 Å². The Morgan fingerprint density at radius 3 is 2.71 bits per heavy atom. The predicted octanol–water partition coefficient (Wildman–Crippen LogP) is 0.355. The minimum atomic E-state index is -0.722. The van der Waals surface area contributed by atoms with Crippen LogP contribution in [0.4, 0.5) is 0 Å². The van der Waals surface area contributed by atoms with E-state index in [9.17, 15) is 9.59 Å². The van der Waals surface area contributed by atoms with Gasteiger partial charge in [-0.1, -0.05) is 6.42 Å². The number of rotatable bonds is 4. The highest BCUT2D eigenvalue weighted by molar-refractivity contribution is 5.82. The molecule has 0 bridgehead atoms. The molecule has 0 radical (unpaired) electrons. The molecule has 0 aromatic carbocycles. The van der Waals surface area contributed by atoms with Crippen molar-refractivity contribution in [3.05, 3.63) is 0 Å². The van der Waals surface area contributed by atoms with Crippen LogP contribution in [0.3, 0.4) is 0 Å². The van der Waals surface area contributed by atoms with Gasteiger partial charge in [-0.25, -0.2) is 0 Å². The second-order valence-corrected chi connectivity index (χ2v) is 5.03. The fraction of sp³-hybridized carbons (Fsp3) is 0.833. The minimum absolute atomic E-state index is 0.0264. The molecule has 1 aliphatic heterocycles. The summed E-state index contributed by atoms with van der Waals surface area (Å²) in [6.45, 7) is 1.41. The van der Waals surface area contributed by atoms with Crippen molar-refractivity contribution in [3.8, 4) is 0 Å². The summed E-state index contributed by atoms with van der Waals surface area (Å²) in [7, 11) is 0. The zero-order valence-corrected chi connectivity index (χ0v) is 9.95. The van der Waals surface area contributed by atoms with Crippen LogP contribution in [0.25, 0.3) is 0 Å². The Kier molecular flexibility index (Phi) is 3.99. The molecule has 1 saturated heterocycles. The SMILES string of the molecule is O=C(O)C1CCCC1CNC(=O)[C@H]1CCCN1. The smallest absolute Gasteiger partial charge is 0.306 e. The number of carboxylic acid groups (broad SMARTS) is 1. The Hall–Kier alpha value is -1.10. The van der Waals surface area contributed by atoms with Crippen LogP contribution in [-0.2, 0) is 9.59 Å². The van der Waals surface area contributed by atoms with Crippen LogP contribution in [0.1, 0.15) is 32.1 Å². The van der Waals surface area contributed by atoms with Crippen molar-refractivity contribution in [2.75, 3.05) is 13.1 Å². The van der Waals surface area contributed by atoms with Crippen LogP contribution in [-0.4, -0.2) is 36.1 Å². The topological polar surface area (TPSA) is 78.4 Å². The van der Waals surface area contributed by atoms with Gasteiger partial charge in [0.05, 0.1) is 12.0 Å². The molecular weight excluding hydrogens is 220 g/mol. The zero-order chi connectivity index (χ0) is 12.3. The molecule has 17 heavy (non-hydrogen) atoms. The lowest BCUT2D eigenvalue weighted by molar-refractivity contribution is -0.143. The maximum Gasteiger partial charge on any atom is 0.306 e. The molecule has 2 fully saturated rings.